The van der Waals surface area contributed by atoms with E-state index in [-0.39, 0.29) is 0 Å². The molecule has 0 heterocycles. The Morgan fingerprint density at radius 2 is 1.79 bits per heavy atom. The van der Waals surface area contributed by atoms with Gasteiger partial charge in [-0.3, -0.25) is 4.79 Å². The minimum atomic E-state index is 0.721. The second-order valence-corrected chi connectivity index (χ2v) is 3.05. The van der Waals surface area contributed by atoms with Crippen molar-refractivity contribution in [2.75, 3.05) is 7.11 Å². The van der Waals surface area contributed by atoms with Crippen LogP contribution in [0.3, 0.4) is 0 Å². The number of fused-ring (bicyclic) bond motifs is 1. The molecule has 0 N–H and O–H groups in total. The van der Waals surface area contributed by atoms with Crippen LogP contribution in [0.4, 0.5) is 0 Å². The van der Waals surface area contributed by atoms with Gasteiger partial charge in [-0.25, -0.2) is 0 Å². The zero-order chi connectivity index (χ0) is 9.97. The maximum atomic E-state index is 10.7. The molecule has 0 radical (unpaired) electrons. The molecule has 0 fully saturated rings. The molecule has 0 saturated carbocycles. The zero-order valence-corrected chi connectivity index (χ0v) is 7.86. The second-order valence-electron chi connectivity index (χ2n) is 3.05. The first-order valence-electron chi connectivity index (χ1n) is 4.37. The van der Waals surface area contributed by atoms with E-state index in [2.05, 4.69) is 0 Å². The van der Waals surface area contributed by atoms with Gasteiger partial charge in [0.05, 0.1) is 7.11 Å². The van der Waals surface area contributed by atoms with E-state index in [4.69, 9.17) is 4.74 Å². The summed E-state index contributed by atoms with van der Waals surface area (Å²) in [5, 5.41) is 0. The van der Waals surface area contributed by atoms with Gasteiger partial charge in [0.15, 0.2) is 6.29 Å². The average molecular weight is 186 g/mol. The monoisotopic (exact) mass is 186 g/mol. The van der Waals surface area contributed by atoms with Gasteiger partial charge in [-0.05, 0) is 29.3 Å². The number of carbonyl (C=O) groups is 1. The van der Waals surface area contributed by atoms with E-state index in [1.54, 1.807) is 7.11 Å². The molecule has 2 aliphatic carbocycles. The van der Waals surface area contributed by atoms with Crippen molar-refractivity contribution in [1.82, 2.24) is 0 Å². The first-order chi connectivity index (χ1) is 6.85. The van der Waals surface area contributed by atoms with Crippen LogP contribution in [0.25, 0.3) is 11.1 Å². The molecule has 0 saturated heterocycles. The van der Waals surface area contributed by atoms with Crippen molar-refractivity contribution in [2.24, 2.45) is 0 Å². The lowest BCUT2D eigenvalue weighted by atomic mass is 10.1. The van der Waals surface area contributed by atoms with Crippen LogP contribution in [-0.2, 0) is 0 Å². The first kappa shape index (κ1) is 8.75. The maximum absolute atomic E-state index is 10.7. The molecule has 2 aliphatic rings. The maximum Gasteiger partial charge on any atom is 0.150 e. The van der Waals surface area contributed by atoms with Gasteiger partial charge < -0.3 is 4.74 Å². The first-order valence-corrected chi connectivity index (χ1v) is 4.37. The average Bonchev–Trinajstić information content (AvgIpc) is 2.50. The quantitative estimate of drug-likeness (QED) is 0.674. The topological polar surface area (TPSA) is 26.3 Å². The molecule has 0 amide bonds. The fraction of sp³-hybridized carbons (Fsp3) is 0.0833. The molecule has 70 valence electrons. The molecule has 0 aromatic heterocycles. The fourth-order valence-electron chi connectivity index (χ4n) is 1.50. The smallest absolute Gasteiger partial charge is 0.150 e. The van der Waals surface area contributed by atoms with Gasteiger partial charge >= 0.3 is 0 Å². The molecule has 2 rings (SSSR count). The van der Waals surface area contributed by atoms with E-state index in [1.807, 2.05) is 36.4 Å². The lowest BCUT2D eigenvalue weighted by Gasteiger charge is -1.91. The normalized spacial score (nSPS) is 10.1. The Balaban J connectivity index is 2.62. The summed E-state index contributed by atoms with van der Waals surface area (Å²) in [6.45, 7) is 0. The Kier molecular flexibility index (Phi) is 2.19. The van der Waals surface area contributed by atoms with Gasteiger partial charge in [0.1, 0.15) is 5.75 Å². The fourth-order valence-corrected chi connectivity index (χ4v) is 1.50. The van der Waals surface area contributed by atoms with E-state index in [0.717, 1.165) is 28.7 Å². The molecule has 2 heteroatoms. The van der Waals surface area contributed by atoms with Crippen LogP contribution in [0.2, 0.25) is 0 Å². The molecule has 0 bridgehead atoms. The number of methoxy groups -OCH3 is 1. The summed E-state index contributed by atoms with van der Waals surface area (Å²) in [5.74, 6) is 0.790. The van der Waals surface area contributed by atoms with Crippen molar-refractivity contribution >= 4 is 6.29 Å². The third-order valence-corrected chi connectivity index (χ3v) is 2.27. The predicted octanol–water partition coefficient (Wildman–Crippen LogP) is 2.61. The minimum Gasteiger partial charge on any atom is -0.497 e. The van der Waals surface area contributed by atoms with Gasteiger partial charge in [0.2, 0.25) is 0 Å². The van der Waals surface area contributed by atoms with Crippen molar-refractivity contribution in [3.8, 4) is 16.9 Å². The highest BCUT2D eigenvalue weighted by atomic mass is 16.5. The van der Waals surface area contributed by atoms with Crippen LogP contribution >= 0.6 is 0 Å². The molecule has 0 spiro atoms. The Labute approximate surface area is 82.5 Å². The van der Waals surface area contributed by atoms with E-state index in [0.29, 0.717) is 0 Å². The number of hydrogen-bond acceptors (Lipinski definition) is 2. The van der Waals surface area contributed by atoms with Crippen molar-refractivity contribution in [3.63, 3.8) is 0 Å². The molecule has 0 aliphatic heterocycles. The predicted molar refractivity (Wildman–Crippen MR) is 55.0 cm³/mol. The molecule has 2 nitrogen and oxygen atoms in total. The van der Waals surface area contributed by atoms with Crippen molar-refractivity contribution in [1.29, 1.82) is 0 Å². The third-order valence-electron chi connectivity index (χ3n) is 2.27. The van der Waals surface area contributed by atoms with Gasteiger partial charge in [0.25, 0.3) is 0 Å². The van der Waals surface area contributed by atoms with Crippen LogP contribution in [0.1, 0.15) is 10.4 Å². The largest absolute Gasteiger partial charge is 0.497 e. The number of hydrogen-bond donors (Lipinski definition) is 0. The van der Waals surface area contributed by atoms with Gasteiger partial charge in [-0.2, -0.15) is 0 Å². The van der Waals surface area contributed by atoms with E-state index in [9.17, 15) is 4.79 Å². The number of rotatable bonds is 2. The van der Waals surface area contributed by atoms with Crippen molar-refractivity contribution in [3.05, 3.63) is 42.0 Å². The van der Waals surface area contributed by atoms with Crippen molar-refractivity contribution in [2.45, 2.75) is 0 Å². The van der Waals surface area contributed by atoms with Crippen LogP contribution in [0.5, 0.6) is 5.75 Å². The summed E-state index contributed by atoms with van der Waals surface area (Å²) in [4.78, 5) is 10.7. The Morgan fingerprint density at radius 3 is 2.50 bits per heavy atom. The van der Waals surface area contributed by atoms with Gasteiger partial charge in [-0.15, -0.1) is 0 Å². The lowest BCUT2D eigenvalue weighted by molar-refractivity contribution is 0.112. The summed E-state index contributed by atoms with van der Waals surface area (Å²) in [6, 6.07) is 11.3. The minimum absolute atomic E-state index is 0.721. The highest BCUT2D eigenvalue weighted by Crippen LogP contribution is 2.27. The molecule has 0 aromatic carbocycles. The summed E-state index contributed by atoms with van der Waals surface area (Å²) in [5.41, 5.74) is 2.73. The molecule has 0 unspecified atom stereocenters. The van der Waals surface area contributed by atoms with E-state index in [1.165, 1.54) is 0 Å². The highest BCUT2D eigenvalue weighted by Gasteiger charge is 2.06. The summed E-state index contributed by atoms with van der Waals surface area (Å²) in [6.07, 6.45) is 0.870. The van der Waals surface area contributed by atoms with Crippen LogP contribution in [0.15, 0.2) is 36.4 Å². The summed E-state index contributed by atoms with van der Waals surface area (Å²) in [7, 11) is 1.63. The molecular weight excluding hydrogens is 176 g/mol. The van der Waals surface area contributed by atoms with Crippen LogP contribution in [0, 0.1) is 0 Å². The SMILES string of the molecule is COc1ccc2ccc(C=O)c-2cc1. The standard InChI is InChI=1S/C12H10O2/c1-14-11-5-4-9-2-3-10(8-13)12(9)7-6-11/h2-8H,1H3. The molecular formula is C12H10O2. The Hall–Kier alpha value is -1.83. The Bertz CT molecular complexity index is 435. The number of aldehydes is 1. The van der Waals surface area contributed by atoms with Crippen LogP contribution < -0.4 is 4.74 Å². The number of ether oxygens (including phenoxy) is 1. The van der Waals surface area contributed by atoms with Gasteiger partial charge in [-0.1, -0.05) is 18.2 Å². The second kappa shape index (κ2) is 3.50. The summed E-state index contributed by atoms with van der Waals surface area (Å²) >= 11 is 0. The van der Waals surface area contributed by atoms with Crippen LogP contribution in [-0.4, -0.2) is 13.4 Å². The molecule has 0 atom stereocenters. The third kappa shape index (κ3) is 1.35. The lowest BCUT2D eigenvalue weighted by Crippen LogP contribution is -1.77. The molecule has 0 aromatic rings. The van der Waals surface area contributed by atoms with E-state index >= 15 is 0 Å². The summed E-state index contributed by atoms with van der Waals surface area (Å²) < 4.78 is 5.10. The van der Waals surface area contributed by atoms with E-state index < -0.39 is 0 Å². The van der Waals surface area contributed by atoms with Gasteiger partial charge in [0, 0.05) is 5.56 Å². The number of carbonyl (C=O) groups excluding carboxylic acids is 1. The van der Waals surface area contributed by atoms with Crippen molar-refractivity contribution < 1.29 is 9.53 Å². The molecule has 14 heavy (non-hydrogen) atoms. The Morgan fingerprint density at radius 1 is 1.07 bits per heavy atom. The highest BCUT2D eigenvalue weighted by molar-refractivity contribution is 5.89. The zero-order valence-electron chi connectivity index (χ0n) is 7.86.